The van der Waals surface area contributed by atoms with Gasteiger partial charge in [-0.15, -0.1) is 0 Å². The molecule has 5 nitrogen and oxygen atoms in total. The predicted octanol–water partition coefficient (Wildman–Crippen LogP) is 2.02. The Hall–Kier alpha value is -1.40. The molecule has 0 saturated heterocycles. The molecule has 2 N–H and O–H groups in total. The number of aromatic nitrogens is 4. The van der Waals surface area contributed by atoms with E-state index in [0.717, 1.165) is 16.7 Å². The minimum absolute atomic E-state index is 0.331. The first-order valence-corrected chi connectivity index (χ1v) is 6.33. The topological polar surface area (TPSA) is 66.5 Å². The van der Waals surface area contributed by atoms with Crippen LogP contribution in [0.1, 0.15) is 25.5 Å². The van der Waals surface area contributed by atoms with Gasteiger partial charge in [-0.25, -0.2) is 9.97 Å². The minimum atomic E-state index is 0.331. The van der Waals surface area contributed by atoms with Gasteiger partial charge in [0, 0.05) is 12.2 Å². The average molecular weight is 249 g/mol. The maximum absolute atomic E-state index is 4.30. The van der Waals surface area contributed by atoms with E-state index in [2.05, 4.69) is 45.4 Å². The second-order valence-corrected chi connectivity index (χ2v) is 4.61. The molecule has 0 radical (unpaired) electrons. The van der Waals surface area contributed by atoms with Crippen LogP contribution in [-0.4, -0.2) is 26.7 Å². The number of hydrogen-bond donors (Lipinski definition) is 2. The molecule has 2 rings (SSSR count). The van der Waals surface area contributed by atoms with Crippen molar-refractivity contribution >= 4 is 11.8 Å². The highest BCUT2D eigenvalue weighted by Crippen LogP contribution is 2.24. The van der Waals surface area contributed by atoms with Crippen molar-refractivity contribution in [2.24, 2.45) is 0 Å². The lowest BCUT2D eigenvalue weighted by atomic mass is 10.1. The van der Waals surface area contributed by atoms with Gasteiger partial charge in [0.25, 0.3) is 0 Å². The van der Waals surface area contributed by atoms with Crippen molar-refractivity contribution in [1.29, 1.82) is 0 Å². The fourth-order valence-corrected chi connectivity index (χ4v) is 2.22. The summed E-state index contributed by atoms with van der Waals surface area (Å²) in [6.45, 7) is 5.19. The smallest absolute Gasteiger partial charge is 0.189 e. The van der Waals surface area contributed by atoms with Crippen LogP contribution in [0.5, 0.6) is 0 Å². The summed E-state index contributed by atoms with van der Waals surface area (Å²) in [6, 6.07) is 4.43. The van der Waals surface area contributed by atoms with Gasteiger partial charge in [-0.2, -0.15) is 5.10 Å². The van der Waals surface area contributed by atoms with Crippen molar-refractivity contribution < 1.29 is 0 Å². The second kappa shape index (κ2) is 5.79. The summed E-state index contributed by atoms with van der Waals surface area (Å²) in [4.78, 5) is 8.37. The molecule has 1 atom stereocenters. The Morgan fingerprint density at radius 3 is 3.06 bits per heavy atom. The van der Waals surface area contributed by atoms with E-state index in [1.54, 1.807) is 0 Å². The van der Waals surface area contributed by atoms with Crippen LogP contribution in [-0.2, 0) is 0 Å². The monoisotopic (exact) mass is 249 g/mol. The lowest BCUT2D eigenvalue weighted by molar-refractivity contribution is 0.596. The second-order valence-electron chi connectivity index (χ2n) is 3.60. The molecule has 17 heavy (non-hydrogen) atoms. The van der Waals surface area contributed by atoms with Crippen LogP contribution in [0.2, 0.25) is 0 Å². The summed E-state index contributed by atoms with van der Waals surface area (Å²) in [6.07, 6.45) is 3.31. The van der Waals surface area contributed by atoms with Crippen molar-refractivity contribution in [2.45, 2.75) is 30.1 Å². The first-order valence-electron chi connectivity index (χ1n) is 5.52. The molecule has 2 aromatic heterocycles. The Balaban J connectivity index is 2.11. The molecule has 0 bridgehead atoms. The van der Waals surface area contributed by atoms with E-state index >= 15 is 0 Å². The molecular formula is C11H15N5S. The van der Waals surface area contributed by atoms with Crippen LogP contribution in [0.3, 0.4) is 0 Å². The standard InChI is InChI=1S/C11H15N5S/c1-3-12-8(2)9-4-5-13-10(6-9)17-11-14-7-15-16-11/h4-8,12H,3H2,1-2H3,(H,14,15,16). The Labute approximate surface area is 104 Å². The number of rotatable bonds is 5. The molecule has 90 valence electrons. The Kier molecular flexibility index (Phi) is 4.11. The van der Waals surface area contributed by atoms with E-state index in [1.165, 1.54) is 23.7 Å². The summed E-state index contributed by atoms with van der Waals surface area (Å²) >= 11 is 1.48. The quantitative estimate of drug-likeness (QED) is 0.848. The number of nitrogens with zero attached hydrogens (tertiary/aromatic N) is 3. The molecule has 0 spiro atoms. The number of nitrogens with one attached hydrogen (secondary N) is 2. The Bertz CT molecular complexity index is 457. The highest BCUT2D eigenvalue weighted by atomic mass is 32.2. The van der Waals surface area contributed by atoms with Crippen LogP contribution in [0.4, 0.5) is 0 Å². The third-order valence-electron chi connectivity index (χ3n) is 2.36. The fourth-order valence-electron chi connectivity index (χ4n) is 1.52. The molecule has 0 fully saturated rings. The van der Waals surface area contributed by atoms with Gasteiger partial charge in [-0.3, -0.25) is 5.10 Å². The van der Waals surface area contributed by atoms with Gasteiger partial charge in [0.2, 0.25) is 0 Å². The summed E-state index contributed by atoms with van der Waals surface area (Å²) in [5.41, 5.74) is 1.23. The maximum atomic E-state index is 4.30. The van der Waals surface area contributed by atoms with Crippen LogP contribution >= 0.6 is 11.8 Å². The van der Waals surface area contributed by atoms with Gasteiger partial charge in [0.05, 0.1) is 0 Å². The van der Waals surface area contributed by atoms with Crippen molar-refractivity contribution in [2.75, 3.05) is 6.54 Å². The molecule has 0 aromatic carbocycles. The molecule has 0 amide bonds. The zero-order chi connectivity index (χ0) is 12.1. The van der Waals surface area contributed by atoms with Gasteiger partial charge in [-0.05, 0) is 42.9 Å². The molecule has 2 heterocycles. The maximum Gasteiger partial charge on any atom is 0.189 e. The number of hydrogen-bond acceptors (Lipinski definition) is 5. The van der Waals surface area contributed by atoms with Gasteiger partial charge >= 0.3 is 0 Å². The zero-order valence-corrected chi connectivity index (χ0v) is 10.7. The van der Waals surface area contributed by atoms with Gasteiger partial charge < -0.3 is 5.32 Å². The van der Waals surface area contributed by atoms with Gasteiger partial charge in [-0.1, -0.05) is 6.92 Å². The number of H-pyrrole nitrogens is 1. The third-order valence-corrected chi connectivity index (χ3v) is 3.19. The van der Waals surface area contributed by atoms with Crippen molar-refractivity contribution in [3.63, 3.8) is 0 Å². The minimum Gasteiger partial charge on any atom is -0.310 e. The Morgan fingerprint density at radius 2 is 2.35 bits per heavy atom. The highest BCUT2D eigenvalue weighted by Gasteiger charge is 2.07. The summed E-state index contributed by atoms with van der Waals surface area (Å²) in [5, 5.41) is 11.7. The van der Waals surface area contributed by atoms with Gasteiger partial charge in [0.15, 0.2) is 5.16 Å². The lowest BCUT2D eigenvalue weighted by Gasteiger charge is -2.12. The Morgan fingerprint density at radius 1 is 1.47 bits per heavy atom. The largest absolute Gasteiger partial charge is 0.310 e. The van der Waals surface area contributed by atoms with E-state index < -0.39 is 0 Å². The number of aromatic amines is 1. The van der Waals surface area contributed by atoms with E-state index in [-0.39, 0.29) is 0 Å². The summed E-state index contributed by atoms with van der Waals surface area (Å²) in [7, 11) is 0. The summed E-state index contributed by atoms with van der Waals surface area (Å²) in [5.74, 6) is 0. The van der Waals surface area contributed by atoms with Crippen LogP contribution < -0.4 is 5.32 Å². The van der Waals surface area contributed by atoms with E-state index in [4.69, 9.17) is 0 Å². The van der Waals surface area contributed by atoms with Crippen molar-refractivity contribution in [3.05, 3.63) is 30.2 Å². The first kappa shape index (κ1) is 12.1. The first-order chi connectivity index (χ1) is 8.29. The van der Waals surface area contributed by atoms with Gasteiger partial charge in [0.1, 0.15) is 11.4 Å². The van der Waals surface area contributed by atoms with Crippen LogP contribution in [0.25, 0.3) is 0 Å². The SMILES string of the molecule is CCNC(C)c1ccnc(Sc2ncn[nH]2)c1. The molecule has 0 saturated carbocycles. The molecule has 6 heteroatoms. The molecule has 0 aliphatic carbocycles. The fraction of sp³-hybridized carbons (Fsp3) is 0.364. The number of pyridine rings is 1. The summed E-state index contributed by atoms with van der Waals surface area (Å²) < 4.78 is 0. The van der Waals surface area contributed by atoms with E-state index in [9.17, 15) is 0 Å². The highest BCUT2D eigenvalue weighted by molar-refractivity contribution is 7.99. The lowest BCUT2D eigenvalue weighted by Crippen LogP contribution is -2.17. The predicted molar refractivity (Wildman–Crippen MR) is 66.8 cm³/mol. The normalized spacial score (nSPS) is 12.6. The van der Waals surface area contributed by atoms with Crippen LogP contribution in [0, 0.1) is 0 Å². The van der Waals surface area contributed by atoms with E-state index in [0.29, 0.717) is 6.04 Å². The van der Waals surface area contributed by atoms with Crippen LogP contribution in [0.15, 0.2) is 34.8 Å². The zero-order valence-electron chi connectivity index (χ0n) is 9.84. The molecular weight excluding hydrogens is 234 g/mol. The average Bonchev–Trinajstić information content (AvgIpc) is 2.82. The van der Waals surface area contributed by atoms with Crippen molar-refractivity contribution in [3.8, 4) is 0 Å². The van der Waals surface area contributed by atoms with Crippen molar-refractivity contribution in [1.82, 2.24) is 25.5 Å². The van der Waals surface area contributed by atoms with E-state index in [1.807, 2.05) is 12.3 Å². The third kappa shape index (κ3) is 3.28. The molecule has 0 aliphatic rings. The molecule has 0 aliphatic heterocycles. The molecule has 1 unspecified atom stereocenters. The molecule has 2 aromatic rings.